The van der Waals surface area contributed by atoms with Crippen molar-refractivity contribution in [1.82, 2.24) is 10.3 Å². The highest BCUT2D eigenvalue weighted by Gasteiger charge is 2.19. The standard InChI is InChI=1S/C26H25N4O5S/c1-33-21-11-18(12-22(34-2)24(21)35-3)23(31)16-6-4-8-19(10-16)30-26(32)28-14-20-15-36-25(29-20)17-7-5-9-27-13-17/h4-13,15,36H,14H2,1-3H3,(H2,28,30,32)/q-1. The predicted octanol–water partition coefficient (Wildman–Crippen LogP) is 3.43. The van der Waals surface area contributed by atoms with Gasteiger partial charge in [0.1, 0.15) is 5.37 Å². The maximum Gasteiger partial charge on any atom is 0.318 e. The molecular weight excluding hydrogens is 480 g/mol. The lowest BCUT2D eigenvalue weighted by molar-refractivity contribution is 0.103. The van der Waals surface area contributed by atoms with Crippen LogP contribution in [0.15, 0.2) is 65.9 Å². The number of hydrogen-bond acceptors (Lipinski definition) is 7. The quantitative estimate of drug-likeness (QED) is 0.200. The summed E-state index contributed by atoms with van der Waals surface area (Å²) < 4.78 is 16.0. The van der Waals surface area contributed by atoms with Gasteiger partial charge in [0, 0.05) is 29.6 Å². The van der Waals surface area contributed by atoms with Gasteiger partial charge in [-0.2, -0.15) is 17.5 Å². The minimum absolute atomic E-state index is 0.259. The van der Waals surface area contributed by atoms with Crippen LogP contribution < -0.4 is 24.8 Å². The molecule has 4 rings (SSSR count). The molecule has 2 amide bonds. The summed E-state index contributed by atoms with van der Waals surface area (Å²) in [6, 6.07) is 13.3. The average Bonchev–Trinajstić information content (AvgIpc) is 3.40. The molecule has 0 aliphatic carbocycles. The van der Waals surface area contributed by atoms with Crippen molar-refractivity contribution >= 4 is 35.0 Å². The lowest BCUT2D eigenvalue weighted by Crippen LogP contribution is -2.33. The first-order chi connectivity index (χ1) is 17.5. The first kappa shape index (κ1) is 24.8. The van der Waals surface area contributed by atoms with Crippen molar-refractivity contribution < 1.29 is 23.8 Å². The zero-order chi connectivity index (χ0) is 25.5. The normalized spacial score (nSPS) is 12.3. The van der Waals surface area contributed by atoms with E-state index in [2.05, 4.69) is 20.6 Å². The Labute approximate surface area is 213 Å². The number of ether oxygens (including phenoxy) is 3. The third-order valence-electron chi connectivity index (χ3n) is 5.24. The Morgan fingerprint density at radius 2 is 1.78 bits per heavy atom. The number of aromatic nitrogens is 1. The number of aliphatic imine (C=N–C) groups is 1. The van der Waals surface area contributed by atoms with Gasteiger partial charge in [0.05, 0.1) is 21.3 Å². The monoisotopic (exact) mass is 505 g/mol. The van der Waals surface area contributed by atoms with Crippen LogP contribution in [0.2, 0.25) is 0 Å². The molecule has 36 heavy (non-hydrogen) atoms. The number of nitrogens with zero attached hydrogens (tertiary/aromatic N) is 2. The Kier molecular flexibility index (Phi) is 7.86. The topological polar surface area (TPSA) is 111 Å². The third kappa shape index (κ3) is 5.66. The second kappa shape index (κ2) is 11.4. The number of hydrogen-bond donors (Lipinski definition) is 2. The third-order valence-corrected chi connectivity index (χ3v) is 6.27. The molecule has 0 radical (unpaired) electrons. The number of methoxy groups -OCH3 is 3. The summed E-state index contributed by atoms with van der Waals surface area (Å²) >= 11 is 0.954. The van der Waals surface area contributed by atoms with Gasteiger partial charge in [-0.3, -0.25) is 4.79 Å². The van der Waals surface area contributed by atoms with Gasteiger partial charge in [-0.1, -0.05) is 23.8 Å². The fraction of sp³-hybridized carbons (Fsp3) is 0.154. The fourth-order valence-electron chi connectivity index (χ4n) is 3.51. The molecule has 0 bridgehead atoms. The zero-order valence-electron chi connectivity index (χ0n) is 19.9. The van der Waals surface area contributed by atoms with Crippen molar-refractivity contribution in [2.24, 2.45) is 4.99 Å². The van der Waals surface area contributed by atoms with Crippen LogP contribution in [0.25, 0.3) is 0 Å². The van der Waals surface area contributed by atoms with E-state index in [1.54, 1.807) is 48.8 Å². The lowest BCUT2D eigenvalue weighted by atomic mass is 10.0. The molecule has 10 heteroatoms. The van der Waals surface area contributed by atoms with Crippen LogP contribution in [-0.4, -0.2) is 50.4 Å². The Balaban J connectivity index is 1.40. The van der Waals surface area contributed by atoms with Gasteiger partial charge in [0.15, 0.2) is 17.3 Å². The fourth-order valence-corrected chi connectivity index (χ4v) is 4.40. The molecule has 0 fully saturated rings. The van der Waals surface area contributed by atoms with Gasteiger partial charge in [-0.05, 0) is 30.5 Å². The first-order valence-electron chi connectivity index (χ1n) is 10.9. The molecule has 0 saturated heterocycles. The number of thiol groups is 1. The second-order valence-electron chi connectivity index (χ2n) is 7.56. The predicted molar refractivity (Wildman–Crippen MR) is 140 cm³/mol. The Morgan fingerprint density at radius 3 is 2.44 bits per heavy atom. The van der Waals surface area contributed by atoms with E-state index in [9.17, 15) is 9.59 Å². The highest BCUT2D eigenvalue weighted by atomic mass is 32.2. The van der Waals surface area contributed by atoms with Gasteiger partial charge < -0.3 is 34.8 Å². The Hall–Kier alpha value is -4.31. The molecule has 2 aromatic carbocycles. The van der Waals surface area contributed by atoms with Crippen molar-refractivity contribution in [1.29, 1.82) is 0 Å². The number of anilines is 1. The summed E-state index contributed by atoms with van der Waals surface area (Å²) in [5, 5.41) is 6.44. The molecule has 1 aromatic heterocycles. The molecule has 1 aliphatic heterocycles. The molecule has 0 spiro atoms. The number of rotatable bonds is 9. The molecule has 0 saturated carbocycles. The Morgan fingerprint density at radius 1 is 1.00 bits per heavy atom. The highest BCUT2D eigenvalue weighted by Crippen LogP contribution is 2.38. The number of urea groups is 1. The molecular formula is C26H25N4O5S-. The van der Waals surface area contributed by atoms with Crippen LogP contribution >= 0.6 is 0 Å². The number of amides is 2. The van der Waals surface area contributed by atoms with E-state index in [1.807, 2.05) is 17.9 Å². The second-order valence-corrected chi connectivity index (χ2v) is 8.50. The first-order valence-corrected chi connectivity index (χ1v) is 11.9. The van der Waals surface area contributed by atoms with Gasteiger partial charge in [0.25, 0.3) is 0 Å². The summed E-state index contributed by atoms with van der Waals surface area (Å²) in [6.07, 6.45) is 3.47. The van der Waals surface area contributed by atoms with E-state index in [4.69, 9.17) is 14.2 Å². The zero-order valence-corrected chi connectivity index (χ0v) is 20.8. The SMILES string of the molecule is COc1cc(C(=O)c2cccc(NC(=O)NCC3=N[C-](c4cccnc4)[SH+][CH-]3)c2)cc(OC)c1OC. The summed E-state index contributed by atoms with van der Waals surface area (Å²) in [5.74, 6) is 2.84. The van der Waals surface area contributed by atoms with E-state index in [-0.39, 0.29) is 12.3 Å². The van der Waals surface area contributed by atoms with Crippen molar-refractivity contribution in [3.63, 3.8) is 0 Å². The van der Waals surface area contributed by atoms with Gasteiger partial charge in [0.2, 0.25) is 5.75 Å². The van der Waals surface area contributed by atoms with E-state index in [1.165, 1.54) is 21.3 Å². The van der Waals surface area contributed by atoms with Gasteiger partial charge in [-0.15, -0.1) is 11.8 Å². The molecule has 186 valence electrons. The number of carbonyl (C=O) groups excluding carboxylic acids is 2. The summed E-state index contributed by atoms with van der Waals surface area (Å²) in [5.41, 5.74) is 2.94. The summed E-state index contributed by atoms with van der Waals surface area (Å²) in [4.78, 5) is 34.3. The van der Waals surface area contributed by atoms with E-state index >= 15 is 0 Å². The van der Waals surface area contributed by atoms with Crippen LogP contribution in [0.5, 0.6) is 17.2 Å². The van der Waals surface area contributed by atoms with Crippen molar-refractivity contribution in [2.45, 2.75) is 0 Å². The molecule has 0 unspecified atom stereocenters. The van der Waals surface area contributed by atoms with Crippen molar-refractivity contribution in [2.75, 3.05) is 33.2 Å². The van der Waals surface area contributed by atoms with Crippen LogP contribution in [0.1, 0.15) is 21.5 Å². The minimum atomic E-state index is -0.407. The number of carbonyl (C=O) groups is 2. The summed E-state index contributed by atoms with van der Waals surface area (Å²) in [6.45, 7) is 0.270. The van der Waals surface area contributed by atoms with Crippen LogP contribution in [0.4, 0.5) is 10.5 Å². The summed E-state index contributed by atoms with van der Waals surface area (Å²) in [7, 11) is 4.47. The number of nitrogens with one attached hydrogen (secondary N) is 2. The highest BCUT2D eigenvalue weighted by molar-refractivity contribution is 7.85. The number of benzene rings is 2. The molecule has 2 N–H and O–H groups in total. The molecule has 0 atom stereocenters. The minimum Gasteiger partial charge on any atom is -0.493 e. The lowest BCUT2D eigenvalue weighted by Gasteiger charge is -2.14. The van der Waals surface area contributed by atoms with E-state index in [0.29, 0.717) is 34.1 Å². The average molecular weight is 506 g/mol. The number of pyridine rings is 1. The molecule has 9 nitrogen and oxygen atoms in total. The van der Waals surface area contributed by atoms with Crippen LogP contribution in [-0.2, 0) is 11.8 Å². The smallest absolute Gasteiger partial charge is 0.318 e. The van der Waals surface area contributed by atoms with Crippen molar-refractivity contribution in [3.05, 3.63) is 88.7 Å². The molecule has 2 heterocycles. The maximum atomic E-state index is 13.2. The van der Waals surface area contributed by atoms with Crippen molar-refractivity contribution in [3.8, 4) is 17.2 Å². The Bertz CT molecular complexity index is 1260. The number of ketones is 1. The maximum absolute atomic E-state index is 13.2. The van der Waals surface area contributed by atoms with Gasteiger partial charge >= 0.3 is 6.03 Å². The van der Waals surface area contributed by atoms with Gasteiger partial charge in [-0.25, -0.2) is 4.79 Å². The van der Waals surface area contributed by atoms with Crippen LogP contribution in [0, 0.1) is 11.1 Å². The molecule has 3 aromatic rings. The van der Waals surface area contributed by atoms with E-state index in [0.717, 1.165) is 28.4 Å². The molecule has 1 aliphatic rings. The van der Waals surface area contributed by atoms with E-state index < -0.39 is 6.03 Å². The largest absolute Gasteiger partial charge is 0.493 e. The van der Waals surface area contributed by atoms with Crippen LogP contribution in [0.3, 0.4) is 0 Å².